The Bertz CT molecular complexity index is 3720. The average Bonchev–Trinajstić information content (AvgIpc) is 3.40. The number of hydrogen-bond donors (Lipinski definition) is 0. The third-order valence-electron chi connectivity index (χ3n) is 12.2. The van der Waals surface area contributed by atoms with Crippen molar-refractivity contribution in [2.45, 2.75) is 6.92 Å². The minimum atomic E-state index is 0.504. The molecule has 0 atom stereocenters. The maximum atomic E-state index is 5.29. The minimum Gasteiger partial charge on any atom is -0.264 e. The Hall–Kier alpha value is -9.14. The number of hydrogen-bond acceptors (Lipinski definition) is 8. The van der Waals surface area contributed by atoms with Crippen molar-refractivity contribution in [1.29, 1.82) is 0 Å². The number of pyridine rings is 5. The lowest BCUT2D eigenvalue weighted by atomic mass is 9.90. The number of nitrogens with zero attached hydrogens (tertiary/aromatic N) is 8. The molecule has 0 saturated carbocycles. The largest absolute Gasteiger partial charge is 0.264 e. The second-order valence-corrected chi connectivity index (χ2v) is 16.5. The van der Waals surface area contributed by atoms with Crippen molar-refractivity contribution in [1.82, 2.24) is 39.9 Å². The van der Waals surface area contributed by atoms with Crippen LogP contribution >= 0.6 is 0 Å². The number of rotatable bonds is 8. The summed E-state index contributed by atoms with van der Waals surface area (Å²) in [5.74, 6) is 1.54. The van der Waals surface area contributed by atoms with Gasteiger partial charge < -0.3 is 0 Å². The Morgan fingerprint density at radius 3 is 1.64 bits per heavy atom. The summed E-state index contributed by atoms with van der Waals surface area (Å²) in [5, 5.41) is 7.02. The van der Waals surface area contributed by atoms with Gasteiger partial charge in [-0.05, 0) is 135 Å². The SMILES string of the molecule is Cc1cc2ccccc2c(-c2ccc(-c3cc(-c4nc(-c5ccnc(-c6cccnc6)c5)nc(-c5ccnc(-c6ccccn6)c5)n4)cc(-c4cc5ccccc5c5ccccc45)c3)cc2)n1. The number of aryl methyl sites for hydroxylation is 1. The van der Waals surface area contributed by atoms with Crippen molar-refractivity contribution >= 4 is 32.3 Å². The van der Waals surface area contributed by atoms with Crippen molar-refractivity contribution in [3.8, 4) is 90.3 Å². The molecule has 6 aromatic carbocycles. The van der Waals surface area contributed by atoms with Gasteiger partial charge in [-0.25, -0.2) is 15.0 Å². The van der Waals surface area contributed by atoms with E-state index in [0.29, 0.717) is 23.2 Å². The zero-order valence-electron chi connectivity index (χ0n) is 36.3. The molecule has 0 aliphatic carbocycles. The van der Waals surface area contributed by atoms with E-state index in [-0.39, 0.29) is 0 Å². The highest BCUT2D eigenvalue weighted by Gasteiger charge is 2.18. The maximum absolute atomic E-state index is 5.29. The van der Waals surface area contributed by atoms with Crippen molar-refractivity contribution in [3.63, 3.8) is 0 Å². The van der Waals surface area contributed by atoms with Gasteiger partial charge in [0.25, 0.3) is 0 Å². The minimum absolute atomic E-state index is 0.504. The average molecular weight is 859 g/mol. The molecule has 0 bridgehead atoms. The standard InChI is InChI=1S/C59H38N8/c1-37-29-40-11-3-5-15-49(40)56(64-37)39-21-19-38(20-22-39)45-30-46(52-33-41-12-2-4-14-48(41)50-16-6-7-17-51(50)52)32-47(31-45)59-66-57(42-23-27-62-54(34-42)44-13-10-25-60-36-44)65-58(67-59)43-24-28-63-55(35-43)53-18-8-9-26-61-53/h2-36H,1H3. The molecule has 67 heavy (non-hydrogen) atoms. The quantitative estimate of drug-likeness (QED) is 0.139. The molecule has 8 heteroatoms. The number of benzene rings is 6. The van der Waals surface area contributed by atoms with Gasteiger partial charge in [0.1, 0.15) is 0 Å². The molecule has 0 spiro atoms. The maximum Gasteiger partial charge on any atom is 0.164 e. The van der Waals surface area contributed by atoms with Gasteiger partial charge in [0, 0.05) is 69.9 Å². The Balaban J connectivity index is 1.07. The van der Waals surface area contributed by atoms with E-state index in [0.717, 1.165) is 83.6 Å². The summed E-state index contributed by atoms with van der Waals surface area (Å²) in [6, 6.07) is 63.0. The first-order valence-electron chi connectivity index (χ1n) is 22.1. The summed E-state index contributed by atoms with van der Waals surface area (Å²) in [6.07, 6.45) is 8.89. The highest BCUT2D eigenvalue weighted by atomic mass is 15.0. The second kappa shape index (κ2) is 16.8. The summed E-state index contributed by atoms with van der Waals surface area (Å²) in [7, 11) is 0. The first-order chi connectivity index (χ1) is 33.1. The van der Waals surface area contributed by atoms with Gasteiger partial charge >= 0.3 is 0 Å². The molecular weight excluding hydrogens is 821 g/mol. The molecule has 8 nitrogen and oxygen atoms in total. The van der Waals surface area contributed by atoms with Gasteiger partial charge in [0.2, 0.25) is 0 Å². The fourth-order valence-electron chi connectivity index (χ4n) is 8.97. The van der Waals surface area contributed by atoms with Crippen LogP contribution in [0.2, 0.25) is 0 Å². The third-order valence-corrected chi connectivity index (χ3v) is 12.2. The van der Waals surface area contributed by atoms with Crippen molar-refractivity contribution in [2.24, 2.45) is 0 Å². The third kappa shape index (κ3) is 7.62. The van der Waals surface area contributed by atoms with Crippen molar-refractivity contribution < 1.29 is 0 Å². The molecule has 12 aromatic rings. The zero-order valence-corrected chi connectivity index (χ0v) is 36.3. The first-order valence-corrected chi connectivity index (χ1v) is 22.1. The van der Waals surface area contributed by atoms with E-state index >= 15 is 0 Å². The predicted molar refractivity (Wildman–Crippen MR) is 270 cm³/mol. The molecule has 314 valence electrons. The normalized spacial score (nSPS) is 11.4. The van der Waals surface area contributed by atoms with Crippen LogP contribution < -0.4 is 0 Å². The monoisotopic (exact) mass is 858 g/mol. The van der Waals surface area contributed by atoms with Crippen LogP contribution in [0.1, 0.15) is 5.69 Å². The van der Waals surface area contributed by atoms with Crippen molar-refractivity contribution in [3.05, 3.63) is 219 Å². The molecule has 0 unspecified atom stereocenters. The van der Waals surface area contributed by atoms with E-state index < -0.39 is 0 Å². The smallest absolute Gasteiger partial charge is 0.164 e. The van der Waals surface area contributed by atoms with Gasteiger partial charge in [-0.3, -0.25) is 24.9 Å². The van der Waals surface area contributed by atoms with Crippen LogP contribution in [0.4, 0.5) is 0 Å². The summed E-state index contributed by atoms with van der Waals surface area (Å²) >= 11 is 0. The lowest BCUT2D eigenvalue weighted by Crippen LogP contribution is -2.01. The topological polar surface area (TPSA) is 103 Å². The van der Waals surface area contributed by atoms with Crippen LogP contribution in [0.3, 0.4) is 0 Å². The summed E-state index contributed by atoms with van der Waals surface area (Å²) in [4.78, 5) is 39.0. The van der Waals surface area contributed by atoms with Crippen LogP contribution in [0, 0.1) is 6.92 Å². The molecule has 0 aliphatic heterocycles. The predicted octanol–water partition coefficient (Wildman–Crippen LogP) is 14.0. The van der Waals surface area contributed by atoms with Crippen LogP contribution in [0.15, 0.2) is 213 Å². The molecule has 0 fully saturated rings. The van der Waals surface area contributed by atoms with E-state index in [9.17, 15) is 0 Å². The van der Waals surface area contributed by atoms with Gasteiger partial charge in [-0.1, -0.05) is 103 Å². The molecule has 0 radical (unpaired) electrons. The molecule has 6 heterocycles. The first kappa shape index (κ1) is 39.5. The summed E-state index contributed by atoms with van der Waals surface area (Å²) in [5.41, 5.74) is 12.8. The van der Waals surface area contributed by atoms with Crippen LogP contribution in [-0.2, 0) is 0 Å². The second-order valence-electron chi connectivity index (χ2n) is 16.5. The van der Waals surface area contributed by atoms with E-state index in [1.807, 2.05) is 67.7 Å². The zero-order chi connectivity index (χ0) is 44.7. The van der Waals surface area contributed by atoms with E-state index in [2.05, 4.69) is 142 Å². The summed E-state index contributed by atoms with van der Waals surface area (Å²) < 4.78 is 0. The Labute approximate surface area is 386 Å². The highest BCUT2D eigenvalue weighted by molar-refractivity contribution is 6.14. The van der Waals surface area contributed by atoms with Crippen molar-refractivity contribution in [2.75, 3.05) is 0 Å². The van der Waals surface area contributed by atoms with Gasteiger partial charge in [-0.2, -0.15) is 0 Å². The van der Waals surface area contributed by atoms with Gasteiger partial charge in [0.05, 0.1) is 22.8 Å². The van der Waals surface area contributed by atoms with Gasteiger partial charge in [-0.15, -0.1) is 0 Å². The molecular formula is C59H38N8. The van der Waals surface area contributed by atoms with E-state index in [4.69, 9.17) is 24.9 Å². The Morgan fingerprint density at radius 1 is 0.313 bits per heavy atom. The van der Waals surface area contributed by atoms with Crippen LogP contribution in [0.5, 0.6) is 0 Å². The Kier molecular flexibility index (Phi) is 9.87. The Morgan fingerprint density at radius 2 is 0.910 bits per heavy atom. The number of aromatic nitrogens is 8. The fraction of sp³-hybridized carbons (Fsp3) is 0.0169. The summed E-state index contributed by atoms with van der Waals surface area (Å²) in [6.45, 7) is 2.05. The van der Waals surface area contributed by atoms with E-state index in [1.165, 1.54) is 21.5 Å². The van der Waals surface area contributed by atoms with Gasteiger partial charge in [0.15, 0.2) is 17.5 Å². The number of fused-ring (bicyclic) bond motifs is 4. The molecule has 12 rings (SSSR count). The molecule has 0 N–H and O–H groups in total. The molecule has 0 saturated heterocycles. The molecule has 0 amide bonds. The lowest BCUT2D eigenvalue weighted by Gasteiger charge is -2.15. The van der Waals surface area contributed by atoms with E-state index in [1.54, 1.807) is 24.8 Å². The highest BCUT2D eigenvalue weighted by Crippen LogP contribution is 2.40. The lowest BCUT2D eigenvalue weighted by molar-refractivity contribution is 1.07. The fourth-order valence-corrected chi connectivity index (χ4v) is 8.97. The molecule has 6 aromatic heterocycles. The van der Waals surface area contributed by atoms with Crippen LogP contribution in [-0.4, -0.2) is 39.9 Å². The van der Waals surface area contributed by atoms with Crippen LogP contribution in [0.25, 0.3) is 123 Å². The molecule has 0 aliphatic rings.